The summed E-state index contributed by atoms with van der Waals surface area (Å²) >= 11 is 3.05. The Balaban J connectivity index is 1.97. The van der Waals surface area contributed by atoms with Gasteiger partial charge in [-0.25, -0.2) is 18.4 Å². The highest BCUT2D eigenvalue weighted by Crippen LogP contribution is 2.16. The van der Waals surface area contributed by atoms with Crippen molar-refractivity contribution in [3.8, 4) is 0 Å². The first-order valence-corrected chi connectivity index (χ1v) is 8.91. The zero-order valence-corrected chi connectivity index (χ0v) is 14.8. The zero-order valence-electron chi connectivity index (χ0n) is 12.4. The number of esters is 1. The van der Waals surface area contributed by atoms with Gasteiger partial charge in [0.2, 0.25) is 15.8 Å². The molecule has 0 aliphatic heterocycles. The first-order valence-electron chi connectivity index (χ1n) is 6.57. The van der Waals surface area contributed by atoms with Crippen LogP contribution >= 0.6 is 15.9 Å². The van der Waals surface area contributed by atoms with Crippen LogP contribution in [0, 0.1) is 0 Å². The number of hydrogen-bond donors (Lipinski definition) is 2. The summed E-state index contributed by atoms with van der Waals surface area (Å²) in [6.45, 7) is 1.39. The lowest BCUT2D eigenvalue weighted by atomic mass is 10.3. The summed E-state index contributed by atoms with van der Waals surface area (Å²) < 4.78 is 32.7. The van der Waals surface area contributed by atoms with E-state index >= 15 is 0 Å². The van der Waals surface area contributed by atoms with Crippen LogP contribution < -0.4 is 10.5 Å². The van der Waals surface area contributed by atoms with E-state index in [1.165, 1.54) is 43.3 Å². The zero-order chi connectivity index (χ0) is 17.9. The predicted octanol–water partition coefficient (Wildman–Crippen LogP) is 1.87. The lowest BCUT2D eigenvalue weighted by Crippen LogP contribution is -2.29. The molecule has 1 aromatic heterocycles. The van der Waals surface area contributed by atoms with Gasteiger partial charge in [0.15, 0.2) is 10.8 Å². The number of benzene rings is 1. The number of furan rings is 1. The Morgan fingerprint density at radius 2 is 1.83 bits per heavy atom. The number of nitrogens with two attached hydrogens (primary N) is 1. The van der Waals surface area contributed by atoms with Gasteiger partial charge in [-0.2, -0.15) is 0 Å². The molecule has 10 heteroatoms. The van der Waals surface area contributed by atoms with Gasteiger partial charge in [-0.1, -0.05) is 0 Å². The van der Waals surface area contributed by atoms with E-state index in [9.17, 15) is 18.0 Å². The van der Waals surface area contributed by atoms with Crippen LogP contribution in [0.3, 0.4) is 0 Å². The Labute approximate surface area is 146 Å². The van der Waals surface area contributed by atoms with Crippen LogP contribution in [0.4, 0.5) is 5.69 Å². The van der Waals surface area contributed by atoms with Crippen molar-refractivity contribution in [3.05, 3.63) is 46.8 Å². The molecule has 2 aromatic rings. The van der Waals surface area contributed by atoms with Crippen molar-refractivity contribution >= 4 is 43.5 Å². The van der Waals surface area contributed by atoms with Gasteiger partial charge in [-0.15, -0.1) is 0 Å². The van der Waals surface area contributed by atoms with Crippen LogP contribution in [-0.2, 0) is 19.6 Å². The molecule has 3 N–H and O–H groups in total. The molecule has 0 aliphatic carbocycles. The summed E-state index contributed by atoms with van der Waals surface area (Å²) in [5.74, 6) is -1.41. The smallest absolute Gasteiger partial charge is 0.375 e. The van der Waals surface area contributed by atoms with E-state index in [1.54, 1.807) is 0 Å². The van der Waals surface area contributed by atoms with Crippen molar-refractivity contribution in [1.82, 2.24) is 0 Å². The largest absolute Gasteiger partial charge is 0.447 e. The molecule has 0 saturated heterocycles. The van der Waals surface area contributed by atoms with E-state index in [0.29, 0.717) is 10.4 Å². The number of carbonyl (C=O) groups excluding carboxylic acids is 2. The Morgan fingerprint density at radius 3 is 2.33 bits per heavy atom. The third-order valence-corrected chi connectivity index (χ3v) is 4.23. The van der Waals surface area contributed by atoms with Crippen molar-refractivity contribution in [2.45, 2.75) is 17.9 Å². The first kappa shape index (κ1) is 18.2. The normalized spacial score (nSPS) is 12.5. The van der Waals surface area contributed by atoms with Crippen molar-refractivity contribution in [2.24, 2.45) is 5.14 Å². The summed E-state index contributed by atoms with van der Waals surface area (Å²) in [5.41, 5.74) is 0.330. The van der Waals surface area contributed by atoms with E-state index in [4.69, 9.17) is 14.3 Å². The second-order valence-corrected chi connectivity index (χ2v) is 7.05. The van der Waals surface area contributed by atoms with Crippen LogP contribution in [-0.4, -0.2) is 26.4 Å². The number of anilines is 1. The van der Waals surface area contributed by atoms with Crippen LogP contribution in [0.5, 0.6) is 0 Å². The van der Waals surface area contributed by atoms with Gasteiger partial charge >= 0.3 is 5.97 Å². The van der Waals surface area contributed by atoms with Gasteiger partial charge in [0, 0.05) is 5.69 Å². The summed E-state index contributed by atoms with van der Waals surface area (Å²) in [7, 11) is -3.81. The highest BCUT2D eigenvalue weighted by molar-refractivity contribution is 9.10. The molecular weight excluding hydrogens is 404 g/mol. The molecule has 8 nitrogen and oxygen atoms in total. The molecule has 1 atom stereocenters. The Morgan fingerprint density at radius 1 is 1.21 bits per heavy atom. The third-order valence-electron chi connectivity index (χ3n) is 2.88. The number of hydrogen-bond acceptors (Lipinski definition) is 6. The van der Waals surface area contributed by atoms with Gasteiger partial charge in [0.05, 0.1) is 4.90 Å². The molecule has 0 fully saturated rings. The second kappa shape index (κ2) is 7.16. The second-order valence-electron chi connectivity index (χ2n) is 4.71. The van der Waals surface area contributed by atoms with Crippen molar-refractivity contribution in [1.29, 1.82) is 0 Å². The molecule has 1 heterocycles. The molecular formula is C14H13BrN2O6S. The average molecular weight is 417 g/mol. The maximum Gasteiger partial charge on any atom is 0.375 e. The Hall–Kier alpha value is -2.17. The lowest BCUT2D eigenvalue weighted by Gasteiger charge is -2.12. The van der Waals surface area contributed by atoms with Gasteiger partial charge in [0.25, 0.3) is 5.91 Å². The summed E-state index contributed by atoms with van der Waals surface area (Å²) in [6.07, 6.45) is -1.08. The molecule has 0 bridgehead atoms. The standard InChI is InChI=1S/C14H13BrN2O6S/c1-8(22-14(19)11-6-7-12(15)23-11)13(18)17-9-2-4-10(5-3-9)24(16,20)21/h2-8H,1H3,(H,17,18)(H2,16,20,21). The Bertz CT molecular complexity index is 860. The number of halogens is 1. The number of rotatable bonds is 5. The topological polar surface area (TPSA) is 129 Å². The number of primary sulfonamides is 1. The molecule has 24 heavy (non-hydrogen) atoms. The first-order chi connectivity index (χ1) is 11.2. The Kier molecular flexibility index (Phi) is 5.42. The van der Waals surface area contributed by atoms with E-state index in [-0.39, 0.29) is 10.7 Å². The van der Waals surface area contributed by atoms with Crippen LogP contribution in [0.1, 0.15) is 17.5 Å². The molecule has 1 aromatic carbocycles. The highest BCUT2D eigenvalue weighted by atomic mass is 79.9. The minimum absolute atomic E-state index is 0.0426. The fourth-order valence-corrected chi connectivity index (χ4v) is 2.49. The SMILES string of the molecule is CC(OC(=O)c1ccc(Br)o1)C(=O)Nc1ccc(S(N)(=O)=O)cc1. The maximum atomic E-state index is 12.0. The number of amides is 1. The molecule has 0 saturated carbocycles. The third kappa shape index (κ3) is 4.66. The van der Waals surface area contributed by atoms with Crippen LogP contribution in [0.25, 0.3) is 0 Å². The fourth-order valence-electron chi connectivity index (χ4n) is 1.67. The van der Waals surface area contributed by atoms with E-state index < -0.39 is 28.0 Å². The molecule has 2 rings (SSSR count). The van der Waals surface area contributed by atoms with Crippen molar-refractivity contribution < 1.29 is 27.2 Å². The molecule has 1 unspecified atom stereocenters. The highest BCUT2D eigenvalue weighted by Gasteiger charge is 2.21. The molecule has 0 spiro atoms. The van der Waals surface area contributed by atoms with Gasteiger partial charge in [0.1, 0.15) is 0 Å². The minimum atomic E-state index is -3.81. The number of carbonyl (C=O) groups is 2. The van der Waals surface area contributed by atoms with Gasteiger partial charge in [-0.05, 0) is 59.3 Å². The monoisotopic (exact) mass is 416 g/mol. The summed E-state index contributed by atoms with van der Waals surface area (Å²) in [5, 5.41) is 7.47. The minimum Gasteiger partial charge on any atom is -0.447 e. The van der Waals surface area contributed by atoms with E-state index in [2.05, 4.69) is 21.2 Å². The molecule has 0 aliphatic rings. The number of ether oxygens (including phenoxy) is 1. The molecule has 0 radical (unpaired) electrons. The van der Waals surface area contributed by atoms with Crippen molar-refractivity contribution in [3.63, 3.8) is 0 Å². The lowest BCUT2D eigenvalue weighted by molar-refractivity contribution is -0.123. The van der Waals surface area contributed by atoms with Crippen LogP contribution in [0.2, 0.25) is 0 Å². The van der Waals surface area contributed by atoms with Gasteiger partial charge in [-0.3, -0.25) is 4.79 Å². The average Bonchev–Trinajstić information content (AvgIpc) is 2.93. The van der Waals surface area contributed by atoms with Crippen LogP contribution in [0.15, 0.2) is 50.4 Å². The van der Waals surface area contributed by atoms with Crippen molar-refractivity contribution in [2.75, 3.05) is 5.32 Å². The van der Waals surface area contributed by atoms with Gasteiger partial charge < -0.3 is 14.5 Å². The fraction of sp³-hybridized carbons (Fsp3) is 0.143. The molecule has 1 amide bonds. The quantitative estimate of drug-likeness (QED) is 0.715. The number of nitrogens with one attached hydrogen (secondary N) is 1. The number of sulfonamides is 1. The maximum absolute atomic E-state index is 12.0. The van der Waals surface area contributed by atoms with E-state index in [0.717, 1.165) is 0 Å². The summed E-state index contributed by atoms with van der Waals surface area (Å²) in [6, 6.07) is 8.17. The van der Waals surface area contributed by atoms with E-state index in [1.807, 2.05) is 0 Å². The summed E-state index contributed by atoms with van der Waals surface area (Å²) in [4.78, 5) is 23.7. The molecule has 128 valence electrons. The predicted molar refractivity (Wildman–Crippen MR) is 87.7 cm³/mol.